The fourth-order valence-electron chi connectivity index (χ4n) is 2.59. The van der Waals surface area contributed by atoms with Gasteiger partial charge in [0, 0.05) is 50.5 Å². The fourth-order valence-corrected chi connectivity index (χ4v) is 2.59. The quantitative estimate of drug-likeness (QED) is 0.904. The smallest absolute Gasteiger partial charge is 0.222 e. The fraction of sp³-hybridized carbons (Fsp3) is 0.438. The summed E-state index contributed by atoms with van der Waals surface area (Å²) in [4.78, 5) is 15.1. The third-order valence-corrected chi connectivity index (χ3v) is 3.92. The molecule has 1 aliphatic heterocycles. The molecule has 3 heterocycles. The number of anilines is 2. The van der Waals surface area contributed by atoms with E-state index in [9.17, 15) is 0 Å². The molecular weight excluding hydrogens is 278 g/mol. The Labute approximate surface area is 130 Å². The maximum Gasteiger partial charge on any atom is 0.222 e. The summed E-state index contributed by atoms with van der Waals surface area (Å²) in [6.45, 7) is 2.33. The van der Waals surface area contributed by atoms with Crippen LogP contribution >= 0.6 is 0 Å². The normalized spacial score (nSPS) is 17.6. The van der Waals surface area contributed by atoms with Gasteiger partial charge in [-0.2, -0.15) is 4.98 Å². The van der Waals surface area contributed by atoms with Crippen molar-refractivity contribution in [1.82, 2.24) is 15.0 Å². The van der Waals surface area contributed by atoms with Crippen LogP contribution in [0.5, 0.6) is 0 Å². The van der Waals surface area contributed by atoms with Crippen LogP contribution in [0, 0.1) is 0 Å². The van der Waals surface area contributed by atoms with Gasteiger partial charge in [0.25, 0.3) is 0 Å². The van der Waals surface area contributed by atoms with Crippen LogP contribution in [0.15, 0.2) is 30.5 Å². The third kappa shape index (κ3) is 3.51. The van der Waals surface area contributed by atoms with Gasteiger partial charge < -0.3 is 15.4 Å². The van der Waals surface area contributed by atoms with Crippen molar-refractivity contribution in [2.75, 3.05) is 37.4 Å². The van der Waals surface area contributed by atoms with Crippen molar-refractivity contribution in [3.05, 3.63) is 41.9 Å². The number of rotatable bonds is 5. The second kappa shape index (κ2) is 6.70. The summed E-state index contributed by atoms with van der Waals surface area (Å²) in [5, 5.41) is 0. The van der Waals surface area contributed by atoms with Crippen LogP contribution in [0.2, 0.25) is 0 Å². The lowest BCUT2D eigenvalue weighted by Crippen LogP contribution is -2.23. The first kappa shape index (κ1) is 14.7. The van der Waals surface area contributed by atoms with E-state index in [1.54, 1.807) is 0 Å². The molecule has 0 spiro atoms. The minimum Gasteiger partial charge on any atom is -0.381 e. The van der Waals surface area contributed by atoms with Crippen LogP contribution in [0.25, 0.3) is 0 Å². The van der Waals surface area contributed by atoms with Crippen LogP contribution in [0.1, 0.15) is 23.7 Å². The first-order chi connectivity index (χ1) is 10.7. The van der Waals surface area contributed by atoms with Crippen LogP contribution in [0.3, 0.4) is 0 Å². The van der Waals surface area contributed by atoms with E-state index in [0.717, 1.165) is 43.2 Å². The van der Waals surface area contributed by atoms with Gasteiger partial charge in [0.15, 0.2) is 0 Å². The zero-order valence-corrected chi connectivity index (χ0v) is 12.8. The Morgan fingerprint density at radius 1 is 1.36 bits per heavy atom. The van der Waals surface area contributed by atoms with E-state index in [4.69, 9.17) is 10.5 Å². The highest BCUT2D eigenvalue weighted by atomic mass is 16.5. The molecule has 0 bridgehead atoms. The van der Waals surface area contributed by atoms with Crippen LogP contribution < -0.4 is 10.6 Å². The topological polar surface area (TPSA) is 77.2 Å². The number of likely N-dealkylation sites (N-methyl/N-ethyl adjacent to an activating group) is 1. The first-order valence-electron chi connectivity index (χ1n) is 7.55. The number of nitrogens with zero attached hydrogens (tertiary/aromatic N) is 4. The summed E-state index contributed by atoms with van der Waals surface area (Å²) >= 11 is 0. The van der Waals surface area contributed by atoms with Gasteiger partial charge in [-0.25, -0.2) is 4.98 Å². The molecule has 0 saturated carbocycles. The van der Waals surface area contributed by atoms with Gasteiger partial charge >= 0.3 is 0 Å². The van der Waals surface area contributed by atoms with Gasteiger partial charge in [0.2, 0.25) is 5.95 Å². The summed E-state index contributed by atoms with van der Waals surface area (Å²) < 4.78 is 5.43. The number of hydrogen-bond donors (Lipinski definition) is 1. The summed E-state index contributed by atoms with van der Waals surface area (Å²) in [5.41, 5.74) is 7.92. The monoisotopic (exact) mass is 299 g/mol. The Bertz CT molecular complexity index is 613. The van der Waals surface area contributed by atoms with Gasteiger partial charge in [-0.1, -0.05) is 6.07 Å². The molecule has 2 aromatic heterocycles. The lowest BCUT2D eigenvalue weighted by molar-refractivity contribution is 0.193. The van der Waals surface area contributed by atoms with Crippen molar-refractivity contribution in [3.8, 4) is 0 Å². The minimum atomic E-state index is 0.323. The van der Waals surface area contributed by atoms with E-state index in [1.807, 2.05) is 37.5 Å². The van der Waals surface area contributed by atoms with Crippen LogP contribution in [0.4, 0.5) is 11.8 Å². The predicted molar refractivity (Wildman–Crippen MR) is 85.8 cm³/mol. The zero-order chi connectivity index (χ0) is 15.4. The van der Waals surface area contributed by atoms with Gasteiger partial charge in [-0.3, -0.25) is 4.98 Å². The maximum atomic E-state index is 5.87. The average molecular weight is 299 g/mol. The molecule has 1 fully saturated rings. The molecule has 2 N–H and O–H groups in total. The van der Waals surface area contributed by atoms with Gasteiger partial charge in [-0.05, 0) is 18.6 Å². The minimum absolute atomic E-state index is 0.323. The molecule has 6 nitrogen and oxygen atoms in total. The second-order valence-electron chi connectivity index (χ2n) is 5.56. The molecule has 3 rings (SSSR count). The van der Waals surface area contributed by atoms with Crippen molar-refractivity contribution in [2.24, 2.45) is 0 Å². The Morgan fingerprint density at radius 2 is 2.27 bits per heavy atom. The molecule has 6 heteroatoms. The molecule has 1 saturated heterocycles. The number of nitrogens with two attached hydrogens (primary N) is 1. The van der Waals surface area contributed by atoms with E-state index in [2.05, 4.69) is 19.9 Å². The van der Waals surface area contributed by atoms with Gasteiger partial charge in [0.1, 0.15) is 5.82 Å². The molecule has 0 radical (unpaired) electrons. The molecular formula is C16H21N5O. The maximum absolute atomic E-state index is 5.87. The lowest BCUT2D eigenvalue weighted by atomic mass is 10.0. The zero-order valence-electron chi connectivity index (χ0n) is 12.8. The molecule has 0 unspecified atom stereocenters. The highest BCUT2D eigenvalue weighted by Gasteiger charge is 2.21. The molecule has 1 aliphatic rings. The SMILES string of the molecule is CN(CCc1ccccn1)c1cc([C@H]2CCOC2)nc(N)n1. The summed E-state index contributed by atoms with van der Waals surface area (Å²) in [7, 11) is 2.01. The molecule has 22 heavy (non-hydrogen) atoms. The van der Waals surface area contributed by atoms with E-state index in [1.165, 1.54) is 0 Å². The van der Waals surface area contributed by atoms with Crippen molar-refractivity contribution >= 4 is 11.8 Å². The summed E-state index contributed by atoms with van der Waals surface area (Å²) in [6.07, 6.45) is 3.67. The number of hydrogen-bond acceptors (Lipinski definition) is 6. The lowest BCUT2D eigenvalue weighted by Gasteiger charge is -2.19. The van der Waals surface area contributed by atoms with E-state index >= 15 is 0 Å². The van der Waals surface area contributed by atoms with E-state index in [0.29, 0.717) is 18.5 Å². The summed E-state index contributed by atoms with van der Waals surface area (Å²) in [5.74, 6) is 1.50. The van der Waals surface area contributed by atoms with Gasteiger partial charge in [-0.15, -0.1) is 0 Å². The van der Waals surface area contributed by atoms with Crippen LogP contribution in [-0.2, 0) is 11.2 Å². The Hall–Kier alpha value is -2.21. The Morgan fingerprint density at radius 3 is 3.00 bits per heavy atom. The molecule has 2 aromatic rings. The summed E-state index contributed by atoms with van der Waals surface area (Å²) in [6, 6.07) is 7.98. The predicted octanol–water partition coefficient (Wildman–Crippen LogP) is 1.64. The third-order valence-electron chi connectivity index (χ3n) is 3.92. The first-order valence-corrected chi connectivity index (χ1v) is 7.55. The molecule has 0 amide bonds. The van der Waals surface area contributed by atoms with Crippen molar-refractivity contribution in [3.63, 3.8) is 0 Å². The van der Waals surface area contributed by atoms with Crippen molar-refractivity contribution < 1.29 is 4.74 Å². The van der Waals surface area contributed by atoms with E-state index in [-0.39, 0.29) is 0 Å². The number of nitrogen functional groups attached to an aromatic ring is 1. The van der Waals surface area contributed by atoms with Crippen LogP contribution in [-0.4, -0.2) is 41.8 Å². The number of pyridine rings is 1. The highest BCUT2D eigenvalue weighted by Crippen LogP contribution is 2.26. The second-order valence-corrected chi connectivity index (χ2v) is 5.56. The molecule has 0 aromatic carbocycles. The molecule has 0 aliphatic carbocycles. The Balaban J connectivity index is 1.70. The van der Waals surface area contributed by atoms with Gasteiger partial charge in [0.05, 0.1) is 12.3 Å². The Kier molecular flexibility index (Phi) is 4.48. The average Bonchev–Trinajstić information content (AvgIpc) is 3.07. The molecule has 1 atom stereocenters. The van der Waals surface area contributed by atoms with E-state index < -0.39 is 0 Å². The number of aromatic nitrogens is 3. The van der Waals surface area contributed by atoms with Crippen molar-refractivity contribution in [2.45, 2.75) is 18.8 Å². The largest absolute Gasteiger partial charge is 0.381 e. The molecule has 116 valence electrons. The number of ether oxygens (including phenoxy) is 1. The van der Waals surface area contributed by atoms with Crippen molar-refractivity contribution in [1.29, 1.82) is 0 Å². The standard InChI is InChI=1S/C16H21N5O/c1-21(8-5-13-4-2-3-7-18-13)15-10-14(19-16(17)20-15)12-6-9-22-11-12/h2-4,7,10,12H,5-6,8-9,11H2,1H3,(H2,17,19,20)/t12-/m0/s1. The highest BCUT2D eigenvalue weighted by molar-refractivity contribution is 5.43.